The number of halogens is 4. The zero-order valence-corrected chi connectivity index (χ0v) is 10.4. The van der Waals surface area contributed by atoms with E-state index in [-0.39, 0.29) is 16.1 Å². The van der Waals surface area contributed by atoms with E-state index in [1.54, 1.807) is 0 Å². The molecule has 0 aliphatic heterocycles. The highest BCUT2D eigenvalue weighted by Gasteiger charge is 2.33. The van der Waals surface area contributed by atoms with Gasteiger partial charge in [0.25, 0.3) is 0 Å². The summed E-state index contributed by atoms with van der Waals surface area (Å²) < 4.78 is 40.8. The molecule has 0 unspecified atom stereocenters. The Morgan fingerprint density at radius 1 is 1.20 bits per heavy atom. The van der Waals surface area contributed by atoms with Crippen LogP contribution in [0.2, 0.25) is 5.02 Å². The third-order valence-corrected chi connectivity index (χ3v) is 2.47. The van der Waals surface area contributed by atoms with Gasteiger partial charge in [-0.25, -0.2) is 9.97 Å². The fourth-order valence-electron chi connectivity index (χ4n) is 1.46. The van der Waals surface area contributed by atoms with E-state index < -0.39 is 17.9 Å². The number of ketones is 1. The van der Waals surface area contributed by atoms with Crippen LogP contribution in [0.3, 0.4) is 0 Å². The summed E-state index contributed by atoms with van der Waals surface area (Å²) in [6, 6.07) is 3.37. The molecule has 20 heavy (non-hydrogen) atoms. The molecule has 0 amide bonds. The minimum absolute atomic E-state index is 0.0186. The number of rotatable bonds is 3. The smallest absolute Gasteiger partial charge is 0.405 e. The Bertz CT molecular complexity index is 632. The summed E-state index contributed by atoms with van der Waals surface area (Å²) in [4.78, 5) is 19.4. The summed E-state index contributed by atoms with van der Waals surface area (Å²) in [7, 11) is 0. The topological polar surface area (TPSA) is 52.1 Å². The maximum Gasteiger partial charge on any atom is 0.573 e. The summed E-state index contributed by atoms with van der Waals surface area (Å²) in [5, 5.41) is 0.0186. The van der Waals surface area contributed by atoms with Gasteiger partial charge in [0, 0.05) is 17.4 Å². The van der Waals surface area contributed by atoms with E-state index in [4.69, 9.17) is 11.6 Å². The number of aromatic nitrogens is 2. The van der Waals surface area contributed by atoms with Crippen LogP contribution in [0.1, 0.15) is 15.9 Å². The Morgan fingerprint density at radius 3 is 2.45 bits per heavy atom. The van der Waals surface area contributed by atoms with Gasteiger partial charge in [-0.1, -0.05) is 11.6 Å². The van der Waals surface area contributed by atoms with E-state index in [2.05, 4.69) is 14.7 Å². The Hall–Kier alpha value is -2.15. The molecule has 0 radical (unpaired) electrons. The zero-order valence-electron chi connectivity index (χ0n) is 9.69. The summed E-state index contributed by atoms with van der Waals surface area (Å²) in [5.41, 5.74) is -0.233. The van der Waals surface area contributed by atoms with Crippen molar-refractivity contribution in [3.8, 4) is 5.75 Å². The number of alkyl halides is 3. The van der Waals surface area contributed by atoms with Crippen molar-refractivity contribution in [1.82, 2.24) is 9.97 Å². The number of hydrogen-bond acceptors (Lipinski definition) is 4. The van der Waals surface area contributed by atoms with Gasteiger partial charge in [0.1, 0.15) is 12.1 Å². The molecule has 8 heteroatoms. The average molecular weight is 303 g/mol. The fourth-order valence-corrected chi connectivity index (χ4v) is 1.63. The van der Waals surface area contributed by atoms with Gasteiger partial charge in [0.05, 0.1) is 11.1 Å². The quantitative estimate of drug-likeness (QED) is 0.817. The Balaban J connectivity index is 2.43. The predicted octanol–water partition coefficient (Wildman–Crippen LogP) is 3.26. The van der Waals surface area contributed by atoms with Crippen LogP contribution < -0.4 is 4.74 Å². The second-order valence-corrected chi connectivity index (χ2v) is 4.08. The Morgan fingerprint density at radius 2 is 1.85 bits per heavy atom. The first-order chi connectivity index (χ1) is 9.37. The molecule has 0 saturated heterocycles. The number of carbonyl (C=O) groups is 1. The number of nitrogens with zero attached hydrogens (tertiary/aromatic N) is 2. The predicted molar refractivity (Wildman–Crippen MR) is 63.6 cm³/mol. The highest BCUT2D eigenvalue weighted by molar-refractivity contribution is 6.31. The van der Waals surface area contributed by atoms with Gasteiger partial charge in [-0.15, -0.1) is 13.2 Å². The zero-order chi connectivity index (χ0) is 14.8. The van der Waals surface area contributed by atoms with Crippen molar-refractivity contribution in [2.24, 2.45) is 0 Å². The summed E-state index contributed by atoms with van der Waals surface area (Å²) in [6.45, 7) is 0. The van der Waals surface area contributed by atoms with E-state index in [9.17, 15) is 18.0 Å². The Labute approximate surface area is 116 Å². The lowest BCUT2D eigenvalue weighted by atomic mass is 10.1. The van der Waals surface area contributed by atoms with E-state index in [1.165, 1.54) is 24.8 Å². The molecule has 0 atom stereocenters. The maximum absolute atomic E-state index is 12.3. The maximum atomic E-state index is 12.3. The molecule has 104 valence electrons. The van der Waals surface area contributed by atoms with Crippen molar-refractivity contribution in [3.05, 3.63) is 53.1 Å². The lowest BCUT2D eigenvalue weighted by Crippen LogP contribution is -2.19. The highest BCUT2D eigenvalue weighted by atomic mass is 35.5. The largest absolute Gasteiger partial charge is 0.573 e. The SMILES string of the molecule is O=C(c1cncnc1)c1ccc(Cl)cc1OC(F)(F)F. The van der Waals surface area contributed by atoms with E-state index in [1.807, 2.05) is 0 Å². The van der Waals surface area contributed by atoms with Crippen LogP contribution in [-0.2, 0) is 0 Å². The summed E-state index contributed by atoms with van der Waals surface area (Å²) >= 11 is 5.61. The van der Waals surface area contributed by atoms with Crippen molar-refractivity contribution in [3.63, 3.8) is 0 Å². The molecule has 2 rings (SSSR count). The van der Waals surface area contributed by atoms with E-state index in [0.717, 1.165) is 12.1 Å². The molecule has 0 aliphatic rings. The molecule has 0 spiro atoms. The molecule has 2 aromatic rings. The van der Waals surface area contributed by atoms with Crippen molar-refractivity contribution < 1.29 is 22.7 Å². The molecular formula is C12H6ClF3N2O2. The normalized spacial score (nSPS) is 11.2. The third-order valence-electron chi connectivity index (χ3n) is 2.24. The molecule has 0 N–H and O–H groups in total. The Kier molecular flexibility index (Phi) is 3.89. The second-order valence-electron chi connectivity index (χ2n) is 3.64. The number of carbonyl (C=O) groups excluding carboxylic acids is 1. The van der Waals surface area contributed by atoms with Gasteiger partial charge in [-0.2, -0.15) is 0 Å². The van der Waals surface area contributed by atoms with Crippen LogP contribution in [0.4, 0.5) is 13.2 Å². The van der Waals surface area contributed by atoms with Crippen molar-refractivity contribution >= 4 is 17.4 Å². The molecule has 1 aromatic heterocycles. The standard InChI is InChI=1S/C12H6ClF3N2O2/c13-8-1-2-9(10(3-8)20-12(14,15)16)11(19)7-4-17-6-18-5-7/h1-6H. The summed E-state index contributed by atoms with van der Waals surface area (Å²) in [5.74, 6) is -1.36. The lowest BCUT2D eigenvalue weighted by molar-refractivity contribution is -0.274. The minimum atomic E-state index is -4.92. The lowest BCUT2D eigenvalue weighted by Gasteiger charge is -2.12. The molecule has 0 saturated carbocycles. The van der Waals surface area contributed by atoms with Crippen LogP contribution in [0, 0.1) is 0 Å². The third kappa shape index (κ3) is 3.45. The highest BCUT2D eigenvalue weighted by Crippen LogP contribution is 2.30. The summed E-state index contributed by atoms with van der Waals surface area (Å²) in [6.07, 6.45) is -1.33. The molecule has 0 aliphatic carbocycles. The van der Waals surface area contributed by atoms with Crippen molar-refractivity contribution in [2.45, 2.75) is 6.36 Å². The molecule has 0 bridgehead atoms. The fraction of sp³-hybridized carbons (Fsp3) is 0.0833. The first-order valence-electron chi connectivity index (χ1n) is 5.22. The van der Waals surface area contributed by atoms with Crippen LogP contribution in [0.15, 0.2) is 36.9 Å². The average Bonchev–Trinajstić information content (AvgIpc) is 2.37. The van der Waals surface area contributed by atoms with Gasteiger partial charge in [0.15, 0.2) is 5.78 Å². The number of benzene rings is 1. The molecule has 4 nitrogen and oxygen atoms in total. The van der Waals surface area contributed by atoms with E-state index in [0.29, 0.717) is 0 Å². The van der Waals surface area contributed by atoms with Gasteiger partial charge >= 0.3 is 6.36 Å². The van der Waals surface area contributed by atoms with Gasteiger partial charge in [0.2, 0.25) is 0 Å². The van der Waals surface area contributed by atoms with Gasteiger partial charge in [-0.05, 0) is 18.2 Å². The van der Waals surface area contributed by atoms with Crippen LogP contribution in [-0.4, -0.2) is 22.1 Å². The van der Waals surface area contributed by atoms with Crippen molar-refractivity contribution in [1.29, 1.82) is 0 Å². The molecule has 1 heterocycles. The molecule has 1 aromatic carbocycles. The van der Waals surface area contributed by atoms with Gasteiger partial charge in [-0.3, -0.25) is 4.79 Å². The van der Waals surface area contributed by atoms with Crippen molar-refractivity contribution in [2.75, 3.05) is 0 Å². The first kappa shape index (κ1) is 14.3. The van der Waals surface area contributed by atoms with Crippen LogP contribution in [0.5, 0.6) is 5.75 Å². The van der Waals surface area contributed by atoms with Crippen LogP contribution in [0.25, 0.3) is 0 Å². The first-order valence-corrected chi connectivity index (χ1v) is 5.59. The van der Waals surface area contributed by atoms with Gasteiger partial charge < -0.3 is 4.74 Å². The van der Waals surface area contributed by atoms with E-state index >= 15 is 0 Å². The minimum Gasteiger partial charge on any atom is -0.405 e. The number of ether oxygens (including phenoxy) is 1. The molecular weight excluding hydrogens is 297 g/mol. The monoisotopic (exact) mass is 302 g/mol. The number of hydrogen-bond donors (Lipinski definition) is 0. The molecule has 0 fully saturated rings. The second kappa shape index (κ2) is 5.46. The van der Waals surface area contributed by atoms with Crippen LogP contribution >= 0.6 is 11.6 Å².